The molecule has 266 valence electrons. The van der Waals surface area contributed by atoms with Crippen molar-refractivity contribution < 1.29 is 8.91 Å². The molecule has 0 heterocycles. The lowest BCUT2D eigenvalue weighted by Crippen LogP contribution is -2.72. The fraction of sp³-hybridized carbons (Fsp3) is 0.600. The minimum Gasteiger partial charge on any atom is -0.357 e. The fourth-order valence-corrected chi connectivity index (χ4v) is 11.7. The summed E-state index contributed by atoms with van der Waals surface area (Å²) in [6, 6.07) is 33.5. The third-order valence-corrected chi connectivity index (χ3v) is 14.9. The van der Waals surface area contributed by atoms with E-state index in [1.807, 2.05) is 0 Å². The van der Waals surface area contributed by atoms with Gasteiger partial charge in [-0.05, 0) is 41.2 Å². The van der Waals surface area contributed by atoms with E-state index in [2.05, 4.69) is 119 Å². The molecule has 48 heavy (non-hydrogen) atoms. The topological polar surface area (TPSA) is 9.23 Å². The quantitative estimate of drug-likeness (QED) is 0.0246. The summed E-state index contributed by atoms with van der Waals surface area (Å²) in [5.41, 5.74) is 0. The number of benzene rings is 3. The lowest BCUT2D eigenvalue weighted by Gasteiger charge is -2.45. The zero-order chi connectivity index (χ0) is 34.2. The maximum atomic E-state index is 7.76. The van der Waals surface area contributed by atoms with Crippen LogP contribution in [0.4, 0.5) is 0 Å². The lowest BCUT2D eigenvalue weighted by atomic mass is 10.1. The van der Waals surface area contributed by atoms with Crippen LogP contribution in [0.15, 0.2) is 91.0 Å². The van der Waals surface area contributed by atoms with Crippen molar-refractivity contribution in [2.24, 2.45) is 0 Å². The Balaban J connectivity index is 1.73. The number of hydrogen-bond acceptors (Lipinski definition) is 1. The first-order valence-corrected chi connectivity index (χ1v) is 22.2. The van der Waals surface area contributed by atoms with Gasteiger partial charge < -0.3 is 8.91 Å². The van der Waals surface area contributed by atoms with Gasteiger partial charge in [0.2, 0.25) is 0 Å². The molecule has 1 unspecified atom stereocenters. The Morgan fingerprint density at radius 3 is 1.00 bits per heavy atom. The Hall–Kier alpha value is -2.20. The standard InChI is InChI=1S/C45H72NOSi/c1-5-7-9-11-13-15-17-19-21-32-40-46(4,41-33-22-20-18-16-14-12-10-8-6-2)42(3)47-48(43-34-26-23-27-35-43,44-36-28-24-29-37-44)45-38-30-25-31-39-45/h23-31,34-39,42H,5-22,32-33,40-41H2,1-4H3/q+1. The molecule has 0 bridgehead atoms. The van der Waals surface area contributed by atoms with E-state index >= 15 is 0 Å². The third kappa shape index (κ3) is 13.6. The highest BCUT2D eigenvalue weighted by molar-refractivity contribution is 7.07. The van der Waals surface area contributed by atoms with Gasteiger partial charge in [-0.25, -0.2) is 0 Å². The molecule has 1 atom stereocenters. The smallest absolute Gasteiger partial charge is 0.295 e. The molecule has 0 spiro atoms. The maximum absolute atomic E-state index is 7.76. The van der Waals surface area contributed by atoms with Crippen LogP contribution < -0.4 is 15.6 Å². The van der Waals surface area contributed by atoms with Crippen LogP contribution in [0.1, 0.15) is 149 Å². The Morgan fingerprint density at radius 2 is 0.708 bits per heavy atom. The number of quaternary nitrogens is 1. The fourth-order valence-electron chi connectivity index (χ4n) is 7.50. The summed E-state index contributed by atoms with van der Waals surface area (Å²) in [6.07, 6.45) is 27.7. The normalized spacial score (nSPS) is 12.8. The first-order valence-electron chi connectivity index (χ1n) is 20.3. The Bertz CT molecular complexity index is 1050. The lowest BCUT2D eigenvalue weighted by molar-refractivity contribution is -0.950. The van der Waals surface area contributed by atoms with E-state index in [-0.39, 0.29) is 6.23 Å². The highest BCUT2D eigenvalue weighted by Gasteiger charge is 2.46. The Kier molecular flexibility index (Phi) is 20.1. The van der Waals surface area contributed by atoms with Crippen LogP contribution in [0.25, 0.3) is 0 Å². The molecular formula is C45H72NOSi+. The van der Waals surface area contributed by atoms with Gasteiger partial charge in [-0.3, -0.25) is 0 Å². The van der Waals surface area contributed by atoms with E-state index in [1.54, 1.807) is 0 Å². The van der Waals surface area contributed by atoms with Gasteiger partial charge in [0.05, 0.1) is 20.1 Å². The van der Waals surface area contributed by atoms with Crippen molar-refractivity contribution in [3.8, 4) is 0 Å². The predicted octanol–water partition coefficient (Wildman–Crippen LogP) is 11.3. The summed E-state index contributed by atoms with van der Waals surface area (Å²) in [6.45, 7) is 9.39. The van der Waals surface area contributed by atoms with Crippen molar-refractivity contribution in [2.75, 3.05) is 20.1 Å². The SMILES string of the molecule is CCCCCCCCCCCC[N+](C)(CCCCCCCCCCCC)C(C)O[Si](c1ccccc1)(c1ccccc1)c1ccccc1. The molecule has 3 heteroatoms. The van der Waals surface area contributed by atoms with Gasteiger partial charge >= 0.3 is 0 Å². The van der Waals surface area contributed by atoms with Crippen molar-refractivity contribution in [3.05, 3.63) is 91.0 Å². The predicted molar refractivity (Wildman–Crippen MR) is 214 cm³/mol. The van der Waals surface area contributed by atoms with Crippen LogP contribution in [0.5, 0.6) is 0 Å². The van der Waals surface area contributed by atoms with Crippen molar-refractivity contribution in [1.29, 1.82) is 0 Å². The molecule has 3 rings (SSSR count). The van der Waals surface area contributed by atoms with Crippen LogP contribution in [0, 0.1) is 0 Å². The summed E-state index contributed by atoms with van der Waals surface area (Å²) >= 11 is 0. The average molecular weight is 671 g/mol. The van der Waals surface area contributed by atoms with E-state index in [0.717, 1.165) is 4.48 Å². The van der Waals surface area contributed by atoms with Gasteiger partial charge in [0.25, 0.3) is 8.32 Å². The molecule has 2 nitrogen and oxygen atoms in total. The molecule has 3 aromatic carbocycles. The van der Waals surface area contributed by atoms with E-state index in [4.69, 9.17) is 4.43 Å². The van der Waals surface area contributed by atoms with Crippen LogP contribution >= 0.6 is 0 Å². The minimum absolute atomic E-state index is 0.0921. The average Bonchev–Trinajstić information content (AvgIpc) is 3.13. The highest BCUT2D eigenvalue weighted by Crippen LogP contribution is 2.23. The molecular weight excluding hydrogens is 599 g/mol. The van der Waals surface area contributed by atoms with E-state index in [9.17, 15) is 0 Å². The first-order chi connectivity index (χ1) is 23.6. The van der Waals surface area contributed by atoms with Gasteiger partial charge in [0.1, 0.15) is 0 Å². The van der Waals surface area contributed by atoms with Gasteiger partial charge in [0, 0.05) is 6.92 Å². The molecule has 0 aliphatic carbocycles. The monoisotopic (exact) mass is 671 g/mol. The molecule has 0 saturated carbocycles. The molecule has 0 saturated heterocycles. The van der Waals surface area contributed by atoms with Crippen LogP contribution in [0.3, 0.4) is 0 Å². The molecule has 0 amide bonds. The molecule has 0 N–H and O–H groups in total. The number of hydrogen-bond donors (Lipinski definition) is 0. The molecule has 0 aliphatic heterocycles. The minimum atomic E-state index is -2.77. The van der Waals surface area contributed by atoms with Gasteiger partial charge in [-0.2, -0.15) is 0 Å². The third-order valence-electron chi connectivity index (χ3n) is 10.8. The van der Waals surface area contributed by atoms with Gasteiger partial charge in [0.15, 0.2) is 6.23 Å². The van der Waals surface area contributed by atoms with Crippen LogP contribution in [-0.2, 0) is 4.43 Å². The van der Waals surface area contributed by atoms with E-state index in [1.165, 1.54) is 157 Å². The van der Waals surface area contributed by atoms with E-state index < -0.39 is 8.32 Å². The highest BCUT2D eigenvalue weighted by atomic mass is 28.4. The molecule has 3 aromatic rings. The van der Waals surface area contributed by atoms with Crippen molar-refractivity contribution in [3.63, 3.8) is 0 Å². The van der Waals surface area contributed by atoms with Crippen molar-refractivity contribution in [2.45, 2.75) is 155 Å². The van der Waals surface area contributed by atoms with Gasteiger partial charge in [-0.15, -0.1) is 0 Å². The Labute approximate surface area is 298 Å². The van der Waals surface area contributed by atoms with Crippen LogP contribution in [-0.4, -0.2) is 39.2 Å². The summed E-state index contributed by atoms with van der Waals surface area (Å²) in [4.78, 5) is 0. The number of nitrogens with zero attached hydrogens (tertiary/aromatic N) is 1. The summed E-state index contributed by atoms with van der Waals surface area (Å²) in [5, 5.41) is 4.00. The van der Waals surface area contributed by atoms with E-state index in [0.29, 0.717) is 0 Å². The second-order valence-corrected chi connectivity index (χ2v) is 18.1. The molecule has 0 aromatic heterocycles. The zero-order valence-electron chi connectivity index (χ0n) is 31.6. The van der Waals surface area contributed by atoms with Crippen molar-refractivity contribution >= 4 is 23.9 Å². The number of unbranched alkanes of at least 4 members (excludes halogenated alkanes) is 18. The summed E-state index contributed by atoms with van der Waals surface area (Å²) in [7, 11) is -0.265. The first kappa shape index (κ1) is 40.2. The largest absolute Gasteiger partial charge is 0.357 e. The zero-order valence-corrected chi connectivity index (χ0v) is 32.6. The molecule has 0 aliphatic rings. The van der Waals surface area contributed by atoms with Gasteiger partial charge in [-0.1, -0.05) is 208 Å². The number of rotatable bonds is 28. The Morgan fingerprint density at radius 1 is 0.438 bits per heavy atom. The molecule has 0 fully saturated rings. The molecule has 0 radical (unpaired) electrons. The second-order valence-electron chi connectivity index (χ2n) is 14.8. The maximum Gasteiger partial charge on any atom is 0.295 e. The van der Waals surface area contributed by atoms with Crippen LogP contribution in [0.2, 0.25) is 0 Å². The summed E-state index contributed by atoms with van der Waals surface area (Å²) < 4.78 is 8.75. The summed E-state index contributed by atoms with van der Waals surface area (Å²) in [5.74, 6) is 0. The van der Waals surface area contributed by atoms with Crippen molar-refractivity contribution in [1.82, 2.24) is 0 Å². The second kappa shape index (κ2) is 24.0.